The Morgan fingerprint density at radius 3 is 2.14 bits per heavy atom. The van der Waals surface area contributed by atoms with E-state index in [2.05, 4.69) is 0 Å². The molecule has 0 N–H and O–H groups in total. The lowest BCUT2D eigenvalue weighted by atomic mass is 10.0. The highest BCUT2D eigenvalue weighted by atomic mass is 32.2. The van der Waals surface area contributed by atoms with E-state index in [4.69, 9.17) is 0 Å². The first-order chi connectivity index (χ1) is 9.80. The Balaban J connectivity index is 2.38. The summed E-state index contributed by atoms with van der Waals surface area (Å²) in [6.07, 6.45) is -2.82. The van der Waals surface area contributed by atoms with Gasteiger partial charge in [-0.15, -0.1) is 0 Å². The van der Waals surface area contributed by atoms with Gasteiger partial charge in [0.15, 0.2) is 0 Å². The van der Waals surface area contributed by atoms with Gasteiger partial charge in [-0.2, -0.15) is 17.6 Å². The van der Waals surface area contributed by atoms with Crippen LogP contribution in [0.25, 0.3) is 0 Å². The van der Waals surface area contributed by atoms with Gasteiger partial charge in [-0.3, -0.25) is 9.18 Å². The molecule has 7 heteroatoms. The minimum atomic E-state index is -4.35. The van der Waals surface area contributed by atoms with Crippen LogP contribution in [0.1, 0.15) is 29.6 Å². The Bertz CT molecular complexity index is 450. The summed E-state index contributed by atoms with van der Waals surface area (Å²) in [5.41, 5.74) is 0.428. The van der Waals surface area contributed by atoms with Crippen molar-refractivity contribution in [2.45, 2.75) is 31.1 Å². The molecular weight excluding hydrogens is 311 g/mol. The third-order valence-corrected chi connectivity index (χ3v) is 3.81. The topological polar surface area (TPSA) is 17.1 Å². The molecule has 0 fully saturated rings. The predicted molar refractivity (Wildman–Crippen MR) is 73.0 cm³/mol. The molecule has 0 radical (unpaired) electrons. The molecular formula is C14H15F5OS. The Morgan fingerprint density at radius 2 is 1.57 bits per heavy atom. The lowest BCUT2D eigenvalue weighted by Gasteiger charge is -2.25. The van der Waals surface area contributed by atoms with Gasteiger partial charge in [0, 0.05) is 24.2 Å². The van der Waals surface area contributed by atoms with Crippen LogP contribution in [0.4, 0.5) is 22.0 Å². The zero-order chi connectivity index (χ0) is 15.9. The molecule has 1 aromatic rings. The lowest BCUT2D eigenvalue weighted by Crippen LogP contribution is -2.40. The first-order valence-electron chi connectivity index (χ1n) is 6.34. The van der Waals surface area contributed by atoms with Gasteiger partial charge in [0.1, 0.15) is 0 Å². The van der Waals surface area contributed by atoms with E-state index in [0.717, 1.165) is 11.8 Å². The van der Waals surface area contributed by atoms with E-state index < -0.39 is 31.4 Å². The number of halogens is 5. The van der Waals surface area contributed by atoms with E-state index >= 15 is 0 Å². The third-order valence-electron chi connectivity index (χ3n) is 2.82. The van der Waals surface area contributed by atoms with Gasteiger partial charge >= 0.3 is 11.8 Å². The van der Waals surface area contributed by atoms with E-state index in [0.29, 0.717) is 5.56 Å². The van der Waals surface area contributed by atoms with Crippen LogP contribution in [0.5, 0.6) is 0 Å². The third kappa shape index (κ3) is 5.30. The largest absolute Gasteiger partial charge is 0.312 e. The maximum Gasteiger partial charge on any atom is 0.312 e. The molecule has 21 heavy (non-hydrogen) atoms. The molecule has 0 saturated heterocycles. The first-order valence-corrected chi connectivity index (χ1v) is 7.32. The smallest absolute Gasteiger partial charge is 0.282 e. The van der Waals surface area contributed by atoms with Crippen molar-refractivity contribution in [2.75, 3.05) is 12.4 Å². The van der Waals surface area contributed by atoms with Crippen molar-refractivity contribution in [2.24, 2.45) is 0 Å². The molecule has 0 saturated carbocycles. The number of hydrogen-bond acceptors (Lipinski definition) is 2. The van der Waals surface area contributed by atoms with Crippen LogP contribution < -0.4 is 0 Å². The van der Waals surface area contributed by atoms with Crippen LogP contribution in [0.2, 0.25) is 0 Å². The minimum absolute atomic E-state index is 0.00895. The summed E-state index contributed by atoms with van der Waals surface area (Å²) in [5.74, 6) is -8.60. The van der Waals surface area contributed by atoms with Crippen molar-refractivity contribution in [3.63, 3.8) is 0 Å². The molecule has 0 unspecified atom stereocenters. The maximum absolute atomic E-state index is 13.2. The molecule has 1 aromatic carbocycles. The highest BCUT2D eigenvalue weighted by Gasteiger charge is 2.54. The molecule has 1 nitrogen and oxygen atoms in total. The molecule has 0 aliphatic carbocycles. The second kappa shape index (κ2) is 7.77. The summed E-state index contributed by atoms with van der Waals surface area (Å²) in [6, 6.07) is 8.23. The standard InChI is InChI=1S/C14H15F5OS/c15-9-8-14(18,19)13(16,17)7-4-10-21-12(20)11-5-2-1-3-6-11/h1-3,5-6H,4,7-10H2. The molecule has 0 bridgehead atoms. The van der Waals surface area contributed by atoms with Crippen LogP contribution in [0.3, 0.4) is 0 Å². The highest BCUT2D eigenvalue weighted by molar-refractivity contribution is 8.14. The molecule has 0 atom stereocenters. The average molecular weight is 326 g/mol. The molecule has 0 aliphatic heterocycles. The second-order valence-electron chi connectivity index (χ2n) is 4.45. The molecule has 0 aromatic heterocycles. The summed E-state index contributed by atoms with van der Waals surface area (Å²) in [6.45, 7) is -1.50. The van der Waals surface area contributed by atoms with Crippen molar-refractivity contribution in [3.8, 4) is 0 Å². The fourth-order valence-corrected chi connectivity index (χ4v) is 2.38. The zero-order valence-corrected chi connectivity index (χ0v) is 11.9. The average Bonchev–Trinajstić information content (AvgIpc) is 2.44. The van der Waals surface area contributed by atoms with Gasteiger partial charge in [-0.25, -0.2) is 0 Å². The number of carbonyl (C=O) groups is 1. The fourth-order valence-electron chi connectivity index (χ4n) is 1.60. The summed E-state index contributed by atoms with van der Waals surface area (Å²) in [5, 5.41) is -0.297. The number of thioether (sulfide) groups is 1. The van der Waals surface area contributed by atoms with Crippen LogP contribution in [-0.2, 0) is 0 Å². The summed E-state index contributed by atoms with van der Waals surface area (Å²) >= 11 is 0.803. The number of benzene rings is 1. The Hall–Kier alpha value is -1.11. The summed E-state index contributed by atoms with van der Waals surface area (Å²) in [4.78, 5) is 11.6. The van der Waals surface area contributed by atoms with Gasteiger partial charge in [-0.1, -0.05) is 42.1 Å². The van der Waals surface area contributed by atoms with E-state index in [-0.39, 0.29) is 17.3 Å². The Labute approximate surface area is 123 Å². The monoisotopic (exact) mass is 326 g/mol. The van der Waals surface area contributed by atoms with Gasteiger partial charge in [0.2, 0.25) is 5.12 Å². The van der Waals surface area contributed by atoms with Crippen molar-refractivity contribution < 1.29 is 26.7 Å². The lowest BCUT2D eigenvalue weighted by molar-refractivity contribution is -0.216. The minimum Gasteiger partial charge on any atom is -0.282 e. The highest BCUT2D eigenvalue weighted by Crippen LogP contribution is 2.40. The van der Waals surface area contributed by atoms with Gasteiger partial charge in [-0.05, 0) is 6.42 Å². The number of carbonyl (C=O) groups excluding carboxylic acids is 1. The SMILES string of the molecule is O=C(SCCCC(F)(F)C(F)(F)CCF)c1ccccc1. The molecule has 118 valence electrons. The second-order valence-corrected chi connectivity index (χ2v) is 5.52. The van der Waals surface area contributed by atoms with Crippen LogP contribution in [0, 0.1) is 0 Å². The van der Waals surface area contributed by atoms with Crippen LogP contribution in [0.15, 0.2) is 30.3 Å². The quantitative estimate of drug-likeness (QED) is 0.495. The molecule has 1 rings (SSSR count). The molecule has 0 spiro atoms. The van der Waals surface area contributed by atoms with E-state index in [1.807, 2.05) is 0 Å². The van der Waals surface area contributed by atoms with E-state index in [1.165, 1.54) is 0 Å². The van der Waals surface area contributed by atoms with Gasteiger partial charge in [0.05, 0.1) is 6.67 Å². The number of alkyl halides is 5. The normalized spacial score (nSPS) is 12.4. The maximum atomic E-state index is 13.2. The zero-order valence-electron chi connectivity index (χ0n) is 11.1. The molecule has 0 heterocycles. The predicted octanol–water partition coefficient (Wildman–Crippen LogP) is 4.97. The molecule has 0 aliphatic rings. The van der Waals surface area contributed by atoms with Crippen molar-refractivity contribution in [1.29, 1.82) is 0 Å². The summed E-state index contributed by atoms with van der Waals surface area (Å²) < 4.78 is 64.3. The van der Waals surface area contributed by atoms with Crippen LogP contribution >= 0.6 is 11.8 Å². The van der Waals surface area contributed by atoms with E-state index in [9.17, 15) is 26.7 Å². The molecule has 0 amide bonds. The Morgan fingerprint density at radius 1 is 1.00 bits per heavy atom. The van der Waals surface area contributed by atoms with Gasteiger partial charge < -0.3 is 0 Å². The van der Waals surface area contributed by atoms with Crippen molar-refractivity contribution in [1.82, 2.24) is 0 Å². The summed E-state index contributed by atoms with van der Waals surface area (Å²) in [7, 11) is 0. The van der Waals surface area contributed by atoms with E-state index in [1.54, 1.807) is 30.3 Å². The first kappa shape index (κ1) is 17.9. The van der Waals surface area contributed by atoms with Crippen molar-refractivity contribution >= 4 is 16.9 Å². The van der Waals surface area contributed by atoms with Crippen LogP contribution in [-0.4, -0.2) is 29.4 Å². The fraction of sp³-hybridized carbons (Fsp3) is 0.500. The van der Waals surface area contributed by atoms with Gasteiger partial charge in [0.25, 0.3) is 0 Å². The Kier molecular flexibility index (Phi) is 6.64. The van der Waals surface area contributed by atoms with Crippen molar-refractivity contribution in [3.05, 3.63) is 35.9 Å². The number of rotatable bonds is 8. The number of hydrogen-bond donors (Lipinski definition) is 0.